The molecule has 2 aromatic carbocycles. The molecular formula is C26H22F3N3OS. The number of carbonyl (C=O) groups excluding carboxylic acids is 1. The molecule has 2 N–H and O–H groups in total. The summed E-state index contributed by atoms with van der Waals surface area (Å²) in [4.78, 5) is 18.0. The van der Waals surface area contributed by atoms with Gasteiger partial charge in [0.15, 0.2) is 0 Å². The highest BCUT2D eigenvalue weighted by atomic mass is 32.1. The van der Waals surface area contributed by atoms with E-state index in [-0.39, 0.29) is 11.6 Å². The number of nitrogens with one attached hydrogen (secondary N) is 2. The van der Waals surface area contributed by atoms with Crippen molar-refractivity contribution in [1.29, 1.82) is 0 Å². The Balaban J connectivity index is 1.81. The van der Waals surface area contributed by atoms with Gasteiger partial charge in [-0.25, -0.2) is 0 Å². The largest absolute Gasteiger partial charge is 0.418 e. The van der Waals surface area contributed by atoms with Gasteiger partial charge in [-0.15, -0.1) is 11.3 Å². The molecule has 0 unspecified atom stereocenters. The van der Waals surface area contributed by atoms with E-state index in [9.17, 15) is 18.0 Å². The van der Waals surface area contributed by atoms with Crippen molar-refractivity contribution in [2.75, 3.05) is 10.6 Å². The summed E-state index contributed by atoms with van der Waals surface area (Å²) in [5.74, 6) is -0.288. The molecule has 2 heterocycles. The zero-order valence-electron chi connectivity index (χ0n) is 18.5. The van der Waals surface area contributed by atoms with Crippen LogP contribution >= 0.6 is 11.3 Å². The summed E-state index contributed by atoms with van der Waals surface area (Å²) in [6.45, 7) is 3.83. The number of alkyl halides is 3. The Morgan fingerprint density at radius 2 is 1.68 bits per heavy atom. The molecule has 0 aliphatic heterocycles. The van der Waals surface area contributed by atoms with Gasteiger partial charge in [0.2, 0.25) is 0 Å². The van der Waals surface area contributed by atoms with Crippen LogP contribution in [0.4, 0.5) is 23.9 Å². The fraction of sp³-hybridized carbons (Fsp3) is 0.154. The molecule has 1 atom stereocenters. The molecule has 0 fully saturated rings. The summed E-state index contributed by atoms with van der Waals surface area (Å²) >= 11 is 1.39. The highest BCUT2D eigenvalue weighted by Gasteiger charge is 2.34. The third-order valence-electron chi connectivity index (χ3n) is 5.53. The first-order valence-corrected chi connectivity index (χ1v) is 11.4. The van der Waals surface area contributed by atoms with E-state index in [1.54, 1.807) is 54.9 Å². The Morgan fingerprint density at radius 3 is 2.35 bits per heavy atom. The second-order valence-electron chi connectivity index (χ2n) is 7.75. The Kier molecular flexibility index (Phi) is 6.70. The molecule has 4 aromatic rings. The van der Waals surface area contributed by atoms with Crippen molar-refractivity contribution in [2.45, 2.75) is 26.1 Å². The highest BCUT2D eigenvalue weighted by Crippen LogP contribution is 2.43. The Hall–Kier alpha value is -3.65. The molecule has 2 aromatic heterocycles. The number of carbonyl (C=O) groups is 1. The monoisotopic (exact) mass is 481 g/mol. The second-order valence-corrected chi connectivity index (χ2v) is 8.98. The number of aryl methyl sites for hydroxylation is 1. The van der Waals surface area contributed by atoms with E-state index in [0.717, 1.165) is 16.5 Å². The number of nitrogens with zero attached hydrogens (tertiary/aromatic N) is 1. The lowest BCUT2D eigenvalue weighted by Crippen LogP contribution is -2.19. The molecule has 1 amide bonds. The van der Waals surface area contributed by atoms with Crippen LogP contribution in [0.2, 0.25) is 0 Å². The lowest BCUT2D eigenvalue weighted by atomic mass is 9.96. The van der Waals surface area contributed by atoms with Gasteiger partial charge in [0.05, 0.1) is 11.6 Å². The minimum absolute atomic E-state index is 0.0487. The lowest BCUT2D eigenvalue weighted by Gasteiger charge is -2.24. The molecule has 0 spiro atoms. The number of thiophene rings is 1. The van der Waals surface area contributed by atoms with Crippen LogP contribution in [0, 0.1) is 13.8 Å². The van der Waals surface area contributed by atoms with Crippen LogP contribution in [0.25, 0.3) is 0 Å². The van der Waals surface area contributed by atoms with Gasteiger partial charge in [0, 0.05) is 34.1 Å². The highest BCUT2D eigenvalue weighted by molar-refractivity contribution is 7.16. The van der Waals surface area contributed by atoms with Gasteiger partial charge >= 0.3 is 6.18 Å². The maximum absolute atomic E-state index is 13.7. The van der Waals surface area contributed by atoms with Crippen LogP contribution in [0.5, 0.6) is 0 Å². The summed E-state index contributed by atoms with van der Waals surface area (Å²) in [5, 5.41) is 6.63. The third kappa shape index (κ3) is 4.97. The van der Waals surface area contributed by atoms with Gasteiger partial charge in [-0.2, -0.15) is 13.2 Å². The SMILES string of the molecule is Cc1sc(NC(=O)c2ccccc2)c([C@H](Nc2ccccc2C(F)(F)F)c2cccnc2)c1C. The van der Waals surface area contributed by atoms with Crippen LogP contribution in [-0.2, 0) is 6.18 Å². The maximum Gasteiger partial charge on any atom is 0.418 e. The number of pyridine rings is 1. The van der Waals surface area contributed by atoms with Gasteiger partial charge in [0.25, 0.3) is 5.91 Å². The molecule has 0 bridgehead atoms. The first-order chi connectivity index (χ1) is 16.3. The molecule has 0 saturated heterocycles. The normalized spacial score (nSPS) is 12.3. The van der Waals surface area contributed by atoms with Gasteiger partial charge in [-0.1, -0.05) is 36.4 Å². The number of aromatic nitrogens is 1. The lowest BCUT2D eigenvalue weighted by molar-refractivity contribution is -0.137. The zero-order valence-corrected chi connectivity index (χ0v) is 19.3. The molecule has 8 heteroatoms. The maximum atomic E-state index is 13.7. The molecule has 174 valence electrons. The molecule has 0 saturated carbocycles. The predicted molar refractivity (Wildman–Crippen MR) is 129 cm³/mol. The quantitative estimate of drug-likeness (QED) is 0.305. The zero-order chi connectivity index (χ0) is 24.3. The molecule has 34 heavy (non-hydrogen) atoms. The van der Waals surface area contributed by atoms with E-state index in [4.69, 9.17) is 0 Å². The predicted octanol–water partition coefficient (Wildman–Crippen LogP) is 7.23. The van der Waals surface area contributed by atoms with Crippen LogP contribution in [0.3, 0.4) is 0 Å². The minimum atomic E-state index is -4.52. The summed E-state index contributed by atoms with van der Waals surface area (Å²) in [7, 11) is 0. The fourth-order valence-electron chi connectivity index (χ4n) is 3.73. The number of amides is 1. The van der Waals surface area contributed by atoms with E-state index in [1.165, 1.54) is 23.5 Å². The molecule has 0 radical (unpaired) electrons. The summed E-state index contributed by atoms with van der Waals surface area (Å²) in [6.07, 6.45) is -1.30. The van der Waals surface area contributed by atoms with Crippen molar-refractivity contribution in [3.63, 3.8) is 0 Å². The average molecular weight is 482 g/mol. The number of anilines is 2. The summed E-state index contributed by atoms with van der Waals surface area (Å²) < 4.78 is 41.2. The number of para-hydroxylation sites is 1. The minimum Gasteiger partial charge on any atom is -0.373 e. The first kappa shape index (κ1) is 23.5. The van der Waals surface area contributed by atoms with Crippen LogP contribution in [0.1, 0.15) is 43.5 Å². The Labute approximate surface area is 199 Å². The summed E-state index contributed by atoms with van der Waals surface area (Å²) in [6, 6.07) is 17.0. The van der Waals surface area contributed by atoms with Gasteiger partial charge in [-0.3, -0.25) is 9.78 Å². The number of hydrogen-bond donors (Lipinski definition) is 2. The number of hydrogen-bond acceptors (Lipinski definition) is 4. The van der Waals surface area contributed by atoms with Gasteiger partial charge < -0.3 is 10.6 Å². The standard InChI is InChI=1S/C26H22F3N3OS/c1-16-17(2)34-25(32-24(33)18-9-4-3-5-10-18)22(16)23(19-11-8-14-30-15-19)31-21-13-7-6-12-20(21)26(27,28)29/h3-15,23,31H,1-2H3,(H,32,33)/t23-/m1/s1. The number of halogens is 3. The van der Waals surface area contributed by atoms with Crippen LogP contribution < -0.4 is 10.6 Å². The molecular weight excluding hydrogens is 459 g/mol. The van der Waals surface area contributed by atoms with Gasteiger partial charge in [0.1, 0.15) is 5.00 Å². The third-order valence-corrected chi connectivity index (χ3v) is 6.67. The van der Waals surface area contributed by atoms with E-state index in [1.807, 2.05) is 19.9 Å². The van der Waals surface area contributed by atoms with Crippen molar-refractivity contribution in [3.05, 3.63) is 112 Å². The smallest absolute Gasteiger partial charge is 0.373 e. The van der Waals surface area contributed by atoms with Crippen LogP contribution in [-0.4, -0.2) is 10.9 Å². The molecule has 4 nitrogen and oxygen atoms in total. The van der Waals surface area contributed by atoms with E-state index in [2.05, 4.69) is 15.6 Å². The van der Waals surface area contributed by atoms with Crippen LogP contribution in [0.15, 0.2) is 79.1 Å². The molecule has 0 aliphatic carbocycles. The second kappa shape index (κ2) is 9.69. The van der Waals surface area contributed by atoms with Crippen molar-refractivity contribution in [2.24, 2.45) is 0 Å². The van der Waals surface area contributed by atoms with E-state index < -0.39 is 17.8 Å². The molecule has 0 aliphatic rings. The van der Waals surface area contributed by atoms with E-state index >= 15 is 0 Å². The van der Waals surface area contributed by atoms with E-state index in [0.29, 0.717) is 21.7 Å². The average Bonchev–Trinajstić information content (AvgIpc) is 3.11. The van der Waals surface area contributed by atoms with Crippen molar-refractivity contribution in [3.8, 4) is 0 Å². The number of benzene rings is 2. The Morgan fingerprint density at radius 1 is 0.971 bits per heavy atom. The van der Waals surface area contributed by atoms with Gasteiger partial charge in [-0.05, 0) is 55.3 Å². The topological polar surface area (TPSA) is 54.0 Å². The summed E-state index contributed by atoms with van der Waals surface area (Å²) in [5.41, 5.74) is 1.95. The fourth-order valence-corrected chi connectivity index (χ4v) is 4.82. The van der Waals surface area contributed by atoms with Crippen molar-refractivity contribution < 1.29 is 18.0 Å². The van der Waals surface area contributed by atoms with Crippen molar-refractivity contribution >= 4 is 27.9 Å². The van der Waals surface area contributed by atoms with Crippen molar-refractivity contribution in [1.82, 2.24) is 4.98 Å². The number of rotatable bonds is 6. The Bertz CT molecular complexity index is 1290. The first-order valence-electron chi connectivity index (χ1n) is 10.5. The molecule has 4 rings (SSSR count).